The fourth-order valence-corrected chi connectivity index (χ4v) is 10.9. The predicted molar refractivity (Wildman–Crippen MR) is 196 cm³/mol. The molecule has 4 aromatic rings. The van der Waals surface area contributed by atoms with Gasteiger partial charge in [-0.1, -0.05) is 54.4 Å². The molecule has 1 amide bonds. The number of fused-ring (bicyclic) bond motifs is 3. The molecule has 7 rings (SSSR count). The highest BCUT2D eigenvalue weighted by Gasteiger charge is 2.44. The van der Waals surface area contributed by atoms with Crippen LogP contribution in [0, 0.1) is 12.7 Å². The topological polar surface area (TPSA) is 87.5 Å². The summed E-state index contributed by atoms with van der Waals surface area (Å²) in [5.74, 6) is 0.403. The lowest BCUT2D eigenvalue weighted by molar-refractivity contribution is 0.0606. The van der Waals surface area contributed by atoms with Crippen molar-refractivity contribution in [2.45, 2.75) is 93.7 Å². The second-order valence-corrected chi connectivity index (χ2v) is 16.8. The Kier molecular flexibility index (Phi) is 10.0. The number of hydrogen-bond donors (Lipinski definition) is 1. The molecule has 1 unspecified atom stereocenters. The van der Waals surface area contributed by atoms with Gasteiger partial charge in [0, 0.05) is 37.8 Å². The Hall–Kier alpha value is -3.02. The highest BCUT2D eigenvalue weighted by molar-refractivity contribution is 7.89. The molecule has 266 valence electrons. The van der Waals surface area contributed by atoms with E-state index in [1.165, 1.54) is 36.6 Å². The molecule has 3 atom stereocenters. The molecular formula is C38H44Cl2FN5O3S. The second kappa shape index (κ2) is 14.2. The van der Waals surface area contributed by atoms with Gasteiger partial charge in [-0.2, -0.15) is 0 Å². The van der Waals surface area contributed by atoms with E-state index >= 15 is 0 Å². The van der Waals surface area contributed by atoms with Gasteiger partial charge < -0.3 is 9.47 Å². The normalized spacial score (nSPS) is 22.3. The van der Waals surface area contributed by atoms with Crippen molar-refractivity contribution in [3.05, 3.63) is 93.5 Å². The maximum absolute atomic E-state index is 14.7. The molecule has 0 aliphatic carbocycles. The first-order valence-corrected chi connectivity index (χ1v) is 20.0. The quantitative estimate of drug-likeness (QED) is 0.179. The smallest absolute Gasteiger partial charge is 0.256 e. The van der Waals surface area contributed by atoms with E-state index in [0.29, 0.717) is 50.5 Å². The first kappa shape index (κ1) is 35.4. The number of benzene rings is 3. The summed E-state index contributed by atoms with van der Waals surface area (Å²) in [5.41, 5.74) is 2.88. The van der Waals surface area contributed by atoms with Crippen molar-refractivity contribution in [1.29, 1.82) is 0 Å². The number of para-hydroxylation sites is 2. The molecule has 1 aromatic heterocycles. The highest BCUT2D eigenvalue weighted by Crippen LogP contribution is 2.45. The lowest BCUT2D eigenvalue weighted by atomic mass is 9.70. The number of carbonyl (C=O) groups is 1. The number of imidazole rings is 1. The van der Waals surface area contributed by atoms with E-state index in [9.17, 15) is 17.6 Å². The summed E-state index contributed by atoms with van der Waals surface area (Å²) in [5, 5.41) is -0.0694. The van der Waals surface area contributed by atoms with Gasteiger partial charge in [0.05, 0.1) is 26.6 Å². The van der Waals surface area contributed by atoms with E-state index < -0.39 is 15.9 Å². The van der Waals surface area contributed by atoms with Crippen LogP contribution in [0.2, 0.25) is 10.0 Å². The third-order valence-corrected chi connectivity index (χ3v) is 13.7. The molecule has 0 saturated carbocycles. The Balaban J connectivity index is 1.08. The Bertz CT molecular complexity index is 2000. The Morgan fingerprint density at radius 2 is 1.72 bits per heavy atom. The summed E-state index contributed by atoms with van der Waals surface area (Å²) in [6.45, 7) is 5.94. The van der Waals surface area contributed by atoms with Crippen molar-refractivity contribution in [1.82, 2.24) is 24.1 Å². The van der Waals surface area contributed by atoms with E-state index in [2.05, 4.69) is 39.3 Å². The molecule has 0 spiro atoms. The van der Waals surface area contributed by atoms with Gasteiger partial charge in [-0.15, -0.1) is 0 Å². The van der Waals surface area contributed by atoms with Crippen LogP contribution in [0.15, 0.2) is 65.6 Å². The van der Waals surface area contributed by atoms with Crippen molar-refractivity contribution in [3.8, 4) is 0 Å². The number of carbonyl (C=O) groups excluding carboxylic acids is 1. The fourth-order valence-electron chi connectivity index (χ4n) is 8.84. The molecule has 1 N–H and O–H groups in total. The standard InChI is InChI=1S/C38H44Cl2FN5O3S/c1-3-18-42-50(48,49)34-14-13-31(39)35(36(34)40)37(47)44-19-15-38(16-20-44,26-7-6-8-27(41)22-26)17-21-45-28-11-12-29(45)24-30(23-28)46-25(2)43-32-9-4-5-10-33(32)46/h4-10,13-14,22,28-30,42H,3,11-12,15-21,23-24H2,1-2H3/t28-,29+,30?. The van der Waals surface area contributed by atoms with E-state index in [1.807, 2.05) is 19.1 Å². The molecule has 3 fully saturated rings. The zero-order valence-electron chi connectivity index (χ0n) is 28.5. The number of amides is 1. The molecule has 3 aliphatic rings. The average Bonchev–Trinajstić information content (AvgIpc) is 3.56. The van der Waals surface area contributed by atoms with Crippen LogP contribution in [0.4, 0.5) is 4.39 Å². The van der Waals surface area contributed by atoms with E-state index in [1.54, 1.807) is 17.0 Å². The Labute approximate surface area is 304 Å². The first-order valence-electron chi connectivity index (χ1n) is 17.7. The lowest BCUT2D eigenvalue weighted by Gasteiger charge is -2.45. The van der Waals surface area contributed by atoms with Crippen molar-refractivity contribution in [2.75, 3.05) is 26.2 Å². The van der Waals surface area contributed by atoms with Crippen LogP contribution >= 0.6 is 23.2 Å². The average molecular weight is 741 g/mol. The Morgan fingerprint density at radius 1 is 1.00 bits per heavy atom. The van der Waals surface area contributed by atoms with Crippen LogP contribution in [0.25, 0.3) is 11.0 Å². The van der Waals surface area contributed by atoms with Gasteiger partial charge in [0.2, 0.25) is 10.0 Å². The summed E-state index contributed by atoms with van der Waals surface area (Å²) in [6.07, 6.45) is 7.24. The summed E-state index contributed by atoms with van der Waals surface area (Å²) < 4.78 is 45.5. The number of likely N-dealkylation sites (tertiary alicyclic amines) is 1. The SMILES string of the molecule is CCCNS(=O)(=O)c1ccc(Cl)c(C(=O)N2CCC(CCN3[C@@H]4CC[C@H]3CC(n3c(C)nc5ccccc53)C4)(c3cccc(F)c3)CC2)c1Cl. The number of aromatic nitrogens is 2. The lowest BCUT2D eigenvalue weighted by Crippen LogP contribution is -2.49. The van der Waals surface area contributed by atoms with Crippen molar-refractivity contribution in [3.63, 3.8) is 0 Å². The first-order chi connectivity index (χ1) is 24.0. The highest BCUT2D eigenvalue weighted by atomic mass is 35.5. The van der Waals surface area contributed by atoms with Crippen molar-refractivity contribution in [2.24, 2.45) is 0 Å². The monoisotopic (exact) mass is 739 g/mol. The molecule has 8 nitrogen and oxygen atoms in total. The minimum atomic E-state index is -3.92. The number of rotatable bonds is 10. The zero-order chi connectivity index (χ0) is 35.2. The number of hydrogen-bond acceptors (Lipinski definition) is 5. The minimum Gasteiger partial charge on any atom is -0.338 e. The maximum Gasteiger partial charge on any atom is 0.256 e. The minimum absolute atomic E-state index is 0.00804. The number of aryl methyl sites for hydroxylation is 1. The van der Waals surface area contributed by atoms with Crippen molar-refractivity contribution < 1.29 is 17.6 Å². The molecule has 3 aliphatic heterocycles. The van der Waals surface area contributed by atoms with Gasteiger partial charge in [0.15, 0.2) is 0 Å². The summed E-state index contributed by atoms with van der Waals surface area (Å²) in [7, 11) is -3.92. The number of nitrogens with one attached hydrogen (secondary N) is 1. The van der Waals surface area contributed by atoms with Gasteiger partial charge in [0.1, 0.15) is 16.5 Å². The number of halogens is 3. The number of sulfonamides is 1. The summed E-state index contributed by atoms with van der Waals surface area (Å²) in [4.78, 5) is 23.0. The molecule has 12 heteroatoms. The van der Waals surface area contributed by atoms with Gasteiger partial charge in [-0.05, 0) is 112 Å². The van der Waals surface area contributed by atoms with Gasteiger partial charge in [0.25, 0.3) is 5.91 Å². The van der Waals surface area contributed by atoms with Crippen LogP contribution < -0.4 is 4.72 Å². The zero-order valence-corrected chi connectivity index (χ0v) is 30.9. The molecular weight excluding hydrogens is 696 g/mol. The third kappa shape index (κ3) is 6.58. The van der Waals surface area contributed by atoms with Crippen LogP contribution in [0.3, 0.4) is 0 Å². The number of piperidine rings is 2. The summed E-state index contributed by atoms with van der Waals surface area (Å²) in [6, 6.07) is 19.4. The third-order valence-electron chi connectivity index (χ3n) is 11.4. The largest absolute Gasteiger partial charge is 0.338 e. The van der Waals surface area contributed by atoms with Crippen LogP contribution in [-0.2, 0) is 15.4 Å². The van der Waals surface area contributed by atoms with Crippen LogP contribution in [-0.4, -0.2) is 71.9 Å². The van der Waals surface area contributed by atoms with E-state index in [-0.39, 0.29) is 38.3 Å². The van der Waals surface area contributed by atoms with Crippen molar-refractivity contribution >= 4 is 50.2 Å². The van der Waals surface area contributed by atoms with Crippen LogP contribution in [0.5, 0.6) is 0 Å². The molecule has 3 saturated heterocycles. The van der Waals surface area contributed by atoms with Crippen LogP contribution in [0.1, 0.15) is 86.1 Å². The molecule has 4 heterocycles. The molecule has 0 radical (unpaired) electrons. The van der Waals surface area contributed by atoms with E-state index in [4.69, 9.17) is 28.2 Å². The molecule has 50 heavy (non-hydrogen) atoms. The predicted octanol–water partition coefficient (Wildman–Crippen LogP) is 7.91. The van der Waals surface area contributed by atoms with Gasteiger partial charge in [-0.3, -0.25) is 9.69 Å². The number of nitrogens with zero attached hydrogens (tertiary/aromatic N) is 4. The molecule has 2 bridgehead atoms. The van der Waals surface area contributed by atoms with Gasteiger partial charge in [-0.25, -0.2) is 22.5 Å². The van der Waals surface area contributed by atoms with Gasteiger partial charge >= 0.3 is 0 Å². The van der Waals surface area contributed by atoms with E-state index in [0.717, 1.165) is 42.7 Å². The maximum atomic E-state index is 14.7. The fraction of sp³-hybridized carbons (Fsp3) is 0.474. The molecule has 3 aromatic carbocycles. The summed E-state index contributed by atoms with van der Waals surface area (Å²) >= 11 is 13.1. The second-order valence-electron chi connectivity index (χ2n) is 14.2. The Morgan fingerprint density at radius 3 is 2.42 bits per heavy atom.